The van der Waals surface area contributed by atoms with E-state index in [1.165, 1.54) is 31.2 Å². The highest BCUT2D eigenvalue weighted by Crippen LogP contribution is 2.07. The quantitative estimate of drug-likeness (QED) is 0.570. The zero-order valence-corrected chi connectivity index (χ0v) is 11.5. The van der Waals surface area contributed by atoms with Crippen molar-refractivity contribution in [3.05, 3.63) is 35.4 Å². The molecule has 0 heterocycles. The second-order valence-corrected chi connectivity index (χ2v) is 4.71. The van der Waals surface area contributed by atoms with Crippen LogP contribution in [0.5, 0.6) is 0 Å². The minimum Gasteiger partial charge on any atom is -0.330 e. The first-order chi connectivity index (χ1) is 8.86. The van der Waals surface area contributed by atoms with Crippen molar-refractivity contribution in [2.24, 2.45) is 5.73 Å². The molecule has 0 bridgehead atoms. The molecule has 0 atom stereocenters. The summed E-state index contributed by atoms with van der Waals surface area (Å²) < 4.78 is 0. The Labute approximate surface area is 112 Å². The van der Waals surface area contributed by atoms with Crippen molar-refractivity contribution in [1.82, 2.24) is 0 Å². The molecule has 0 aliphatic heterocycles. The van der Waals surface area contributed by atoms with Crippen molar-refractivity contribution in [2.75, 3.05) is 6.54 Å². The van der Waals surface area contributed by atoms with E-state index < -0.39 is 0 Å². The molecule has 2 N–H and O–H groups in total. The van der Waals surface area contributed by atoms with Crippen LogP contribution in [0.15, 0.2) is 24.3 Å². The lowest BCUT2D eigenvalue weighted by atomic mass is 10.1. The summed E-state index contributed by atoms with van der Waals surface area (Å²) in [5.74, 6) is 6.53. The molecule has 1 nitrogen and oxygen atoms in total. The van der Waals surface area contributed by atoms with Crippen molar-refractivity contribution in [3.63, 3.8) is 0 Å². The molecule has 0 spiro atoms. The fourth-order valence-corrected chi connectivity index (χ4v) is 1.92. The van der Waals surface area contributed by atoms with Crippen LogP contribution in [0.25, 0.3) is 0 Å². The normalized spacial score (nSPS) is 9.89. The largest absolute Gasteiger partial charge is 0.330 e. The fraction of sp³-hybridized carbons (Fsp3) is 0.529. The Bertz CT molecular complexity index is 384. The predicted octanol–water partition coefficient (Wildman–Crippen LogP) is 3.90. The molecular weight excluding hydrogens is 218 g/mol. The van der Waals surface area contributed by atoms with Crippen LogP contribution in [0.3, 0.4) is 0 Å². The van der Waals surface area contributed by atoms with Crippen molar-refractivity contribution in [2.45, 2.75) is 51.9 Å². The van der Waals surface area contributed by atoms with Gasteiger partial charge in [-0.1, -0.05) is 50.2 Å². The zero-order chi connectivity index (χ0) is 13.1. The third kappa shape index (κ3) is 6.47. The number of hydrogen-bond donors (Lipinski definition) is 1. The molecule has 0 amide bonds. The Morgan fingerprint density at radius 3 is 2.78 bits per heavy atom. The summed E-state index contributed by atoms with van der Waals surface area (Å²) in [6.45, 7) is 2.99. The zero-order valence-electron chi connectivity index (χ0n) is 11.5. The Morgan fingerprint density at radius 1 is 1.11 bits per heavy atom. The lowest BCUT2D eigenvalue weighted by molar-refractivity contribution is 0.679. The minimum absolute atomic E-state index is 0.757. The van der Waals surface area contributed by atoms with Gasteiger partial charge >= 0.3 is 0 Å². The lowest BCUT2D eigenvalue weighted by Gasteiger charge is -2.00. The molecule has 18 heavy (non-hydrogen) atoms. The van der Waals surface area contributed by atoms with Gasteiger partial charge in [-0.2, -0.15) is 0 Å². The van der Waals surface area contributed by atoms with Crippen LogP contribution in [-0.4, -0.2) is 6.54 Å². The monoisotopic (exact) mass is 243 g/mol. The van der Waals surface area contributed by atoms with Crippen LogP contribution in [0.4, 0.5) is 0 Å². The summed E-state index contributed by atoms with van der Waals surface area (Å²) in [7, 11) is 0. The van der Waals surface area contributed by atoms with Gasteiger partial charge < -0.3 is 5.73 Å². The first-order valence-corrected chi connectivity index (χ1v) is 7.14. The minimum atomic E-state index is 0.757. The van der Waals surface area contributed by atoms with Crippen LogP contribution in [0, 0.1) is 11.8 Å². The highest BCUT2D eigenvalue weighted by atomic mass is 14.5. The smallest absolute Gasteiger partial charge is 0.0247 e. The van der Waals surface area contributed by atoms with Crippen LogP contribution >= 0.6 is 0 Å². The summed E-state index contributed by atoms with van der Waals surface area (Å²) >= 11 is 0. The van der Waals surface area contributed by atoms with Crippen molar-refractivity contribution in [3.8, 4) is 11.8 Å². The molecule has 1 rings (SSSR count). The Hall–Kier alpha value is -1.26. The van der Waals surface area contributed by atoms with Gasteiger partial charge in [0, 0.05) is 12.0 Å². The number of nitrogens with two attached hydrogens (primary N) is 1. The van der Waals surface area contributed by atoms with Gasteiger partial charge in [-0.3, -0.25) is 0 Å². The molecule has 0 radical (unpaired) electrons. The molecule has 0 aromatic heterocycles. The average molecular weight is 243 g/mol. The van der Waals surface area contributed by atoms with Gasteiger partial charge in [0.05, 0.1) is 0 Å². The molecule has 0 fully saturated rings. The van der Waals surface area contributed by atoms with E-state index in [0.717, 1.165) is 31.4 Å². The number of rotatable bonds is 7. The van der Waals surface area contributed by atoms with E-state index in [9.17, 15) is 0 Å². The second-order valence-electron chi connectivity index (χ2n) is 4.71. The molecule has 0 aliphatic rings. The maximum Gasteiger partial charge on any atom is 0.0247 e. The summed E-state index contributed by atoms with van der Waals surface area (Å²) in [5, 5.41) is 0. The van der Waals surface area contributed by atoms with Gasteiger partial charge in [0.25, 0.3) is 0 Å². The van der Waals surface area contributed by atoms with Gasteiger partial charge in [0.2, 0.25) is 0 Å². The van der Waals surface area contributed by atoms with E-state index in [-0.39, 0.29) is 0 Å². The average Bonchev–Trinajstić information content (AvgIpc) is 2.41. The summed E-state index contributed by atoms with van der Waals surface area (Å²) in [6.07, 6.45) is 8.28. The van der Waals surface area contributed by atoms with Gasteiger partial charge in [-0.25, -0.2) is 0 Å². The van der Waals surface area contributed by atoms with Gasteiger partial charge in [0.1, 0.15) is 0 Å². The van der Waals surface area contributed by atoms with Crippen LogP contribution in [0.2, 0.25) is 0 Å². The van der Waals surface area contributed by atoms with E-state index in [1.54, 1.807) is 0 Å². The highest BCUT2D eigenvalue weighted by molar-refractivity contribution is 5.37. The standard InChI is InChI=1S/C17H25N/c1-2-3-4-5-6-7-10-16-11-8-12-17(15-16)13-9-14-18/h8,11-12,15H,2-6,9,13-14,18H2,1H3. The van der Waals surface area contributed by atoms with E-state index in [4.69, 9.17) is 5.73 Å². The van der Waals surface area contributed by atoms with Crippen molar-refractivity contribution < 1.29 is 0 Å². The number of benzene rings is 1. The van der Waals surface area contributed by atoms with Gasteiger partial charge in [-0.05, 0) is 43.5 Å². The molecule has 1 heteroatoms. The molecular formula is C17H25N. The highest BCUT2D eigenvalue weighted by Gasteiger charge is 1.93. The van der Waals surface area contributed by atoms with Gasteiger partial charge in [-0.15, -0.1) is 0 Å². The van der Waals surface area contributed by atoms with Crippen molar-refractivity contribution >= 4 is 0 Å². The number of aryl methyl sites for hydroxylation is 1. The van der Waals surface area contributed by atoms with E-state index in [1.807, 2.05) is 0 Å². The van der Waals surface area contributed by atoms with Crippen LogP contribution in [-0.2, 0) is 6.42 Å². The van der Waals surface area contributed by atoms with E-state index >= 15 is 0 Å². The van der Waals surface area contributed by atoms with Crippen LogP contribution < -0.4 is 5.73 Å². The Kier molecular flexibility index (Phi) is 8.01. The molecule has 98 valence electrons. The topological polar surface area (TPSA) is 26.0 Å². The number of unbranched alkanes of at least 4 members (excludes halogenated alkanes) is 4. The molecule has 0 saturated carbocycles. The first-order valence-electron chi connectivity index (χ1n) is 7.14. The van der Waals surface area contributed by atoms with Crippen molar-refractivity contribution in [1.29, 1.82) is 0 Å². The SMILES string of the molecule is CCCCCCC#Cc1cccc(CCCN)c1. The molecule has 1 aromatic rings. The Morgan fingerprint density at radius 2 is 2.00 bits per heavy atom. The fourth-order valence-electron chi connectivity index (χ4n) is 1.92. The summed E-state index contributed by atoms with van der Waals surface area (Å²) in [5.41, 5.74) is 8.01. The third-order valence-corrected chi connectivity index (χ3v) is 2.98. The lowest BCUT2D eigenvalue weighted by Crippen LogP contribution is -2.00. The molecule has 0 saturated heterocycles. The summed E-state index contributed by atoms with van der Waals surface area (Å²) in [4.78, 5) is 0. The van der Waals surface area contributed by atoms with Gasteiger partial charge in [0.15, 0.2) is 0 Å². The predicted molar refractivity (Wildman–Crippen MR) is 79.5 cm³/mol. The third-order valence-electron chi connectivity index (χ3n) is 2.98. The Balaban J connectivity index is 2.39. The molecule has 0 aliphatic carbocycles. The molecule has 0 unspecified atom stereocenters. The van der Waals surface area contributed by atoms with E-state index in [0.29, 0.717) is 0 Å². The summed E-state index contributed by atoms with van der Waals surface area (Å²) in [6, 6.07) is 8.52. The first kappa shape index (κ1) is 14.8. The molecule has 1 aromatic carbocycles. The number of hydrogen-bond acceptors (Lipinski definition) is 1. The maximum atomic E-state index is 5.52. The van der Waals surface area contributed by atoms with Crippen LogP contribution in [0.1, 0.15) is 56.6 Å². The second kappa shape index (κ2) is 9.74. The van der Waals surface area contributed by atoms with E-state index in [2.05, 4.69) is 43.0 Å². The maximum absolute atomic E-state index is 5.52.